The van der Waals surface area contributed by atoms with Crippen molar-refractivity contribution in [3.8, 4) is 5.75 Å². The zero-order chi connectivity index (χ0) is 12.1. The Bertz CT molecular complexity index is 368. The number of ether oxygens (including phenoxy) is 2. The van der Waals surface area contributed by atoms with E-state index in [0.717, 1.165) is 18.8 Å². The molecule has 1 N–H and O–H groups in total. The van der Waals surface area contributed by atoms with E-state index in [0.29, 0.717) is 13.2 Å². The van der Waals surface area contributed by atoms with Crippen molar-refractivity contribution < 1.29 is 14.3 Å². The van der Waals surface area contributed by atoms with Crippen LogP contribution in [0.5, 0.6) is 5.75 Å². The molecule has 1 unspecified atom stereocenters. The first-order valence-corrected chi connectivity index (χ1v) is 5.93. The second-order valence-electron chi connectivity index (χ2n) is 4.15. The minimum atomic E-state index is 0.165. The fourth-order valence-electron chi connectivity index (χ4n) is 1.85. The molecule has 2 rings (SSSR count). The molecule has 0 aromatic heterocycles. The molecule has 0 spiro atoms. The second kappa shape index (κ2) is 6.00. The molecule has 1 aliphatic rings. The van der Waals surface area contributed by atoms with Crippen LogP contribution in [0.4, 0.5) is 0 Å². The number of methoxy groups -OCH3 is 1. The number of hydrogen-bond acceptors (Lipinski definition) is 4. The Hall–Kier alpha value is -1.10. The first-order valence-electron chi connectivity index (χ1n) is 5.93. The van der Waals surface area contributed by atoms with Gasteiger partial charge in [-0.15, -0.1) is 0 Å². The van der Waals surface area contributed by atoms with Crippen LogP contribution < -0.4 is 10.2 Å². The Labute approximate surface area is 102 Å². The molecule has 0 saturated heterocycles. The minimum absolute atomic E-state index is 0.165. The van der Waals surface area contributed by atoms with Gasteiger partial charge >= 0.3 is 0 Å². The van der Waals surface area contributed by atoms with E-state index in [1.807, 2.05) is 6.07 Å². The zero-order valence-corrected chi connectivity index (χ0v) is 10.4. The van der Waals surface area contributed by atoms with Crippen molar-refractivity contribution in [2.45, 2.75) is 19.4 Å². The van der Waals surface area contributed by atoms with Crippen molar-refractivity contribution in [3.63, 3.8) is 0 Å². The van der Waals surface area contributed by atoms with Crippen LogP contribution >= 0.6 is 0 Å². The molecule has 4 nitrogen and oxygen atoms in total. The molecule has 1 atom stereocenters. The molecule has 4 heteroatoms. The van der Waals surface area contributed by atoms with Crippen molar-refractivity contribution in [1.82, 2.24) is 5.48 Å². The van der Waals surface area contributed by atoms with Gasteiger partial charge in [-0.3, -0.25) is 4.84 Å². The Kier molecular flexibility index (Phi) is 4.36. The molecule has 0 amide bonds. The lowest BCUT2D eigenvalue weighted by Gasteiger charge is -2.14. The summed E-state index contributed by atoms with van der Waals surface area (Å²) in [4.78, 5) is 5.30. The highest BCUT2D eigenvalue weighted by molar-refractivity contribution is 5.40. The van der Waals surface area contributed by atoms with Crippen LogP contribution in [0.15, 0.2) is 18.2 Å². The SMILES string of the molecule is COCCONC(C)c1ccc2c(c1)CCO2. The van der Waals surface area contributed by atoms with Gasteiger partial charge < -0.3 is 9.47 Å². The fourth-order valence-corrected chi connectivity index (χ4v) is 1.85. The van der Waals surface area contributed by atoms with Gasteiger partial charge in [-0.25, -0.2) is 0 Å². The third-order valence-corrected chi connectivity index (χ3v) is 2.86. The number of benzene rings is 1. The first-order chi connectivity index (χ1) is 8.31. The van der Waals surface area contributed by atoms with Crippen molar-refractivity contribution in [2.75, 3.05) is 26.9 Å². The smallest absolute Gasteiger partial charge is 0.122 e. The van der Waals surface area contributed by atoms with E-state index in [-0.39, 0.29) is 6.04 Å². The van der Waals surface area contributed by atoms with Gasteiger partial charge in [0, 0.05) is 13.5 Å². The maximum atomic E-state index is 5.48. The molecule has 1 heterocycles. The largest absolute Gasteiger partial charge is 0.493 e. The van der Waals surface area contributed by atoms with Gasteiger partial charge in [0.1, 0.15) is 5.75 Å². The third kappa shape index (κ3) is 3.19. The van der Waals surface area contributed by atoms with Crippen LogP contribution in [-0.2, 0) is 16.0 Å². The van der Waals surface area contributed by atoms with Gasteiger partial charge in [-0.05, 0) is 24.1 Å². The third-order valence-electron chi connectivity index (χ3n) is 2.86. The van der Waals surface area contributed by atoms with Crippen LogP contribution in [0.2, 0.25) is 0 Å². The van der Waals surface area contributed by atoms with Crippen molar-refractivity contribution in [3.05, 3.63) is 29.3 Å². The highest BCUT2D eigenvalue weighted by atomic mass is 16.7. The maximum Gasteiger partial charge on any atom is 0.122 e. The van der Waals surface area contributed by atoms with Gasteiger partial charge in [0.05, 0.1) is 25.9 Å². The highest BCUT2D eigenvalue weighted by Gasteiger charge is 2.14. The molecule has 1 aliphatic heterocycles. The summed E-state index contributed by atoms with van der Waals surface area (Å²) in [6.45, 7) is 4.02. The summed E-state index contributed by atoms with van der Waals surface area (Å²) in [7, 11) is 1.66. The second-order valence-corrected chi connectivity index (χ2v) is 4.15. The van der Waals surface area contributed by atoms with E-state index in [4.69, 9.17) is 14.3 Å². The number of hydroxylamine groups is 1. The van der Waals surface area contributed by atoms with Crippen LogP contribution in [0, 0.1) is 0 Å². The number of rotatable bonds is 6. The van der Waals surface area contributed by atoms with E-state index in [2.05, 4.69) is 24.5 Å². The molecule has 0 saturated carbocycles. The molecule has 0 fully saturated rings. The summed E-state index contributed by atoms with van der Waals surface area (Å²) < 4.78 is 10.4. The van der Waals surface area contributed by atoms with Crippen LogP contribution in [0.3, 0.4) is 0 Å². The van der Waals surface area contributed by atoms with E-state index >= 15 is 0 Å². The lowest BCUT2D eigenvalue weighted by atomic mass is 10.0. The topological polar surface area (TPSA) is 39.7 Å². The summed E-state index contributed by atoms with van der Waals surface area (Å²) in [5, 5.41) is 0. The van der Waals surface area contributed by atoms with Gasteiger partial charge in [0.15, 0.2) is 0 Å². The number of fused-ring (bicyclic) bond motifs is 1. The molecule has 0 radical (unpaired) electrons. The highest BCUT2D eigenvalue weighted by Crippen LogP contribution is 2.27. The number of nitrogens with one attached hydrogen (secondary N) is 1. The minimum Gasteiger partial charge on any atom is -0.493 e. The molecule has 94 valence electrons. The van der Waals surface area contributed by atoms with Crippen LogP contribution in [0.1, 0.15) is 24.1 Å². The molecule has 17 heavy (non-hydrogen) atoms. The summed E-state index contributed by atoms with van der Waals surface area (Å²) in [6, 6.07) is 6.45. The average molecular weight is 237 g/mol. The maximum absolute atomic E-state index is 5.48. The average Bonchev–Trinajstić information content (AvgIpc) is 2.81. The lowest BCUT2D eigenvalue weighted by molar-refractivity contribution is -0.00925. The van der Waals surface area contributed by atoms with Gasteiger partial charge in [-0.1, -0.05) is 12.1 Å². The Balaban J connectivity index is 1.88. The molecular formula is C13H19NO3. The fraction of sp³-hybridized carbons (Fsp3) is 0.538. The van der Waals surface area contributed by atoms with Crippen molar-refractivity contribution >= 4 is 0 Å². The molecule has 1 aromatic rings. The molecule has 0 aliphatic carbocycles. The number of hydrogen-bond donors (Lipinski definition) is 1. The standard InChI is InChI=1S/C13H19NO3/c1-10(14-17-8-7-15-2)11-3-4-13-12(9-11)5-6-16-13/h3-4,9-10,14H,5-8H2,1-2H3. The summed E-state index contributed by atoms with van der Waals surface area (Å²) in [5.74, 6) is 1.02. The van der Waals surface area contributed by atoms with E-state index in [1.165, 1.54) is 11.1 Å². The first kappa shape index (κ1) is 12.4. The Morgan fingerprint density at radius 3 is 3.12 bits per heavy atom. The molecular weight excluding hydrogens is 218 g/mol. The predicted octanol–water partition coefficient (Wildman–Crippen LogP) is 1.85. The van der Waals surface area contributed by atoms with Crippen LogP contribution in [0.25, 0.3) is 0 Å². The monoisotopic (exact) mass is 237 g/mol. The summed E-state index contributed by atoms with van der Waals surface area (Å²) >= 11 is 0. The summed E-state index contributed by atoms with van der Waals surface area (Å²) in [6.07, 6.45) is 1.00. The van der Waals surface area contributed by atoms with Crippen molar-refractivity contribution in [1.29, 1.82) is 0 Å². The van der Waals surface area contributed by atoms with Gasteiger partial charge in [0.2, 0.25) is 0 Å². The molecule has 1 aromatic carbocycles. The van der Waals surface area contributed by atoms with E-state index < -0.39 is 0 Å². The normalized spacial score (nSPS) is 15.4. The Morgan fingerprint density at radius 2 is 2.29 bits per heavy atom. The van der Waals surface area contributed by atoms with E-state index in [9.17, 15) is 0 Å². The zero-order valence-electron chi connectivity index (χ0n) is 10.4. The lowest BCUT2D eigenvalue weighted by Crippen LogP contribution is -2.21. The molecule has 0 bridgehead atoms. The Morgan fingerprint density at radius 1 is 1.41 bits per heavy atom. The van der Waals surface area contributed by atoms with Crippen LogP contribution in [-0.4, -0.2) is 26.9 Å². The summed E-state index contributed by atoms with van der Waals surface area (Å²) in [5.41, 5.74) is 5.50. The van der Waals surface area contributed by atoms with Gasteiger partial charge in [0.25, 0.3) is 0 Å². The quantitative estimate of drug-likeness (QED) is 0.605. The van der Waals surface area contributed by atoms with E-state index in [1.54, 1.807) is 7.11 Å². The van der Waals surface area contributed by atoms with Crippen molar-refractivity contribution in [2.24, 2.45) is 0 Å². The van der Waals surface area contributed by atoms with Gasteiger partial charge in [-0.2, -0.15) is 5.48 Å². The predicted molar refractivity (Wildman–Crippen MR) is 65.0 cm³/mol.